The second-order valence-electron chi connectivity index (χ2n) is 6.56. The summed E-state index contributed by atoms with van der Waals surface area (Å²) in [6, 6.07) is 8.07. The molecule has 0 bridgehead atoms. The SMILES string of the molecule is Cc1cc2[nH]c(-c3cncn3C)nc2cc1Nc1nc(-c2ccncc2)cs1. The maximum Gasteiger partial charge on any atom is 0.187 e. The number of rotatable bonds is 4. The molecule has 0 saturated carbocycles. The zero-order valence-electron chi connectivity index (χ0n) is 15.3. The van der Waals surface area contributed by atoms with E-state index in [1.807, 2.05) is 29.1 Å². The number of thiazole rings is 1. The Kier molecular flexibility index (Phi) is 3.91. The van der Waals surface area contributed by atoms with Gasteiger partial charge in [0.1, 0.15) is 5.69 Å². The molecular formula is C20H17N7S. The summed E-state index contributed by atoms with van der Waals surface area (Å²) in [7, 11) is 1.95. The maximum absolute atomic E-state index is 4.73. The van der Waals surface area contributed by atoms with Gasteiger partial charge in [-0.25, -0.2) is 15.0 Å². The summed E-state index contributed by atoms with van der Waals surface area (Å²) in [5, 5.41) is 6.32. The summed E-state index contributed by atoms with van der Waals surface area (Å²) >= 11 is 1.58. The molecule has 0 aliphatic carbocycles. The van der Waals surface area contributed by atoms with Crippen molar-refractivity contribution in [3.8, 4) is 22.8 Å². The van der Waals surface area contributed by atoms with E-state index >= 15 is 0 Å². The van der Waals surface area contributed by atoms with Gasteiger partial charge in [0.15, 0.2) is 11.0 Å². The van der Waals surface area contributed by atoms with Gasteiger partial charge in [-0.2, -0.15) is 0 Å². The van der Waals surface area contributed by atoms with E-state index in [9.17, 15) is 0 Å². The molecule has 0 unspecified atom stereocenters. The van der Waals surface area contributed by atoms with Crippen LogP contribution in [0.4, 0.5) is 10.8 Å². The third-order valence-corrected chi connectivity index (χ3v) is 5.37. The van der Waals surface area contributed by atoms with Crippen molar-refractivity contribution >= 4 is 33.2 Å². The van der Waals surface area contributed by atoms with E-state index in [-0.39, 0.29) is 0 Å². The molecule has 0 atom stereocenters. The van der Waals surface area contributed by atoms with Gasteiger partial charge in [0.25, 0.3) is 0 Å². The third kappa shape index (κ3) is 2.93. The van der Waals surface area contributed by atoms with Crippen LogP contribution in [0.2, 0.25) is 0 Å². The Balaban J connectivity index is 1.47. The predicted molar refractivity (Wildman–Crippen MR) is 112 cm³/mol. The van der Waals surface area contributed by atoms with Crippen LogP contribution in [0.1, 0.15) is 5.56 Å². The largest absolute Gasteiger partial charge is 0.337 e. The van der Waals surface area contributed by atoms with Gasteiger partial charge < -0.3 is 14.9 Å². The van der Waals surface area contributed by atoms with Gasteiger partial charge in [0.2, 0.25) is 0 Å². The highest BCUT2D eigenvalue weighted by Gasteiger charge is 2.12. The summed E-state index contributed by atoms with van der Waals surface area (Å²) in [5.41, 5.74) is 6.95. The Morgan fingerprint density at radius 1 is 1.11 bits per heavy atom. The highest BCUT2D eigenvalue weighted by molar-refractivity contribution is 7.14. The predicted octanol–water partition coefficient (Wildman–Crippen LogP) is 4.53. The highest BCUT2D eigenvalue weighted by atomic mass is 32.1. The normalized spacial score (nSPS) is 11.2. The molecule has 0 fully saturated rings. The molecule has 138 valence electrons. The van der Waals surface area contributed by atoms with Crippen molar-refractivity contribution in [2.45, 2.75) is 6.92 Å². The molecule has 5 rings (SSSR count). The fourth-order valence-corrected chi connectivity index (χ4v) is 3.84. The number of anilines is 2. The lowest BCUT2D eigenvalue weighted by molar-refractivity contribution is 0.913. The van der Waals surface area contributed by atoms with Crippen molar-refractivity contribution in [3.05, 3.63) is 60.1 Å². The Labute approximate surface area is 165 Å². The van der Waals surface area contributed by atoms with Crippen molar-refractivity contribution in [2.24, 2.45) is 7.05 Å². The number of aromatic nitrogens is 6. The monoisotopic (exact) mass is 387 g/mol. The van der Waals surface area contributed by atoms with Crippen molar-refractivity contribution < 1.29 is 0 Å². The summed E-state index contributed by atoms with van der Waals surface area (Å²) in [5.74, 6) is 0.806. The summed E-state index contributed by atoms with van der Waals surface area (Å²) < 4.78 is 1.94. The number of benzene rings is 1. The average molecular weight is 387 g/mol. The smallest absolute Gasteiger partial charge is 0.187 e. The lowest BCUT2D eigenvalue weighted by Gasteiger charge is -2.06. The van der Waals surface area contributed by atoms with Gasteiger partial charge in [-0.15, -0.1) is 11.3 Å². The maximum atomic E-state index is 4.73. The van der Waals surface area contributed by atoms with Crippen LogP contribution in [0.25, 0.3) is 33.8 Å². The van der Waals surface area contributed by atoms with E-state index in [2.05, 4.69) is 39.3 Å². The van der Waals surface area contributed by atoms with Crippen molar-refractivity contribution in [1.82, 2.24) is 29.5 Å². The fraction of sp³-hybridized carbons (Fsp3) is 0.100. The van der Waals surface area contributed by atoms with E-state index in [1.165, 1.54) is 0 Å². The van der Waals surface area contributed by atoms with E-state index in [1.54, 1.807) is 36.3 Å². The van der Waals surface area contributed by atoms with E-state index < -0.39 is 0 Å². The van der Waals surface area contributed by atoms with Crippen LogP contribution >= 0.6 is 11.3 Å². The Morgan fingerprint density at radius 3 is 2.75 bits per heavy atom. The number of nitrogens with zero attached hydrogens (tertiary/aromatic N) is 5. The van der Waals surface area contributed by atoms with Gasteiger partial charge in [0.05, 0.1) is 29.3 Å². The molecule has 28 heavy (non-hydrogen) atoms. The standard InChI is InChI=1S/C20H17N7S/c1-12-7-15-16(24-19(23-15)18-9-22-11-27(18)2)8-14(12)25-20-26-17(10-28-20)13-3-5-21-6-4-13/h3-11H,1-2H3,(H,23,24)(H,25,26). The first-order valence-electron chi connectivity index (χ1n) is 8.77. The van der Waals surface area contributed by atoms with Crippen LogP contribution in [0.15, 0.2) is 54.6 Å². The van der Waals surface area contributed by atoms with Crippen molar-refractivity contribution in [2.75, 3.05) is 5.32 Å². The van der Waals surface area contributed by atoms with Gasteiger partial charge in [-0.05, 0) is 36.8 Å². The summed E-state index contributed by atoms with van der Waals surface area (Å²) in [6.07, 6.45) is 7.12. The molecule has 2 N–H and O–H groups in total. The topological polar surface area (TPSA) is 84.3 Å². The van der Waals surface area contributed by atoms with Gasteiger partial charge in [0, 0.05) is 36.1 Å². The van der Waals surface area contributed by atoms with Crippen molar-refractivity contribution in [3.63, 3.8) is 0 Å². The zero-order chi connectivity index (χ0) is 19.1. The molecule has 0 aliphatic rings. The lowest BCUT2D eigenvalue weighted by atomic mass is 10.2. The van der Waals surface area contributed by atoms with Crippen LogP contribution in [0, 0.1) is 6.92 Å². The molecular weight excluding hydrogens is 370 g/mol. The van der Waals surface area contributed by atoms with E-state index in [4.69, 9.17) is 9.97 Å². The van der Waals surface area contributed by atoms with Crippen LogP contribution in [-0.2, 0) is 7.05 Å². The quantitative estimate of drug-likeness (QED) is 0.473. The molecule has 0 radical (unpaired) electrons. The number of hydrogen-bond donors (Lipinski definition) is 2. The Morgan fingerprint density at radius 2 is 1.96 bits per heavy atom. The first-order valence-corrected chi connectivity index (χ1v) is 9.65. The number of hydrogen-bond acceptors (Lipinski definition) is 6. The molecule has 1 aromatic carbocycles. The minimum atomic E-state index is 0.806. The average Bonchev–Trinajstić information content (AvgIpc) is 3.42. The molecule has 4 heterocycles. The van der Waals surface area contributed by atoms with Crippen LogP contribution in [0.5, 0.6) is 0 Å². The highest BCUT2D eigenvalue weighted by Crippen LogP contribution is 2.30. The van der Waals surface area contributed by atoms with Crippen LogP contribution in [-0.4, -0.2) is 29.5 Å². The Hall–Kier alpha value is -3.52. The number of pyridine rings is 1. The number of nitrogens with one attached hydrogen (secondary N) is 2. The molecule has 0 saturated heterocycles. The molecule has 5 aromatic rings. The first kappa shape index (κ1) is 16.6. The molecule has 0 spiro atoms. The third-order valence-electron chi connectivity index (χ3n) is 4.61. The lowest BCUT2D eigenvalue weighted by Crippen LogP contribution is -1.93. The molecule has 8 heteroatoms. The number of H-pyrrole nitrogens is 1. The van der Waals surface area contributed by atoms with Gasteiger partial charge >= 0.3 is 0 Å². The number of imidazole rings is 2. The van der Waals surface area contributed by atoms with E-state index in [0.29, 0.717) is 0 Å². The molecule has 0 aliphatic heterocycles. The number of aryl methyl sites for hydroxylation is 2. The second-order valence-corrected chi connectivity index (χ2v) is 7.42. The zero-order valence-corrected chi connectivity index (χ0v) is 16.2. The minimum absolute atomic E-state index is 0.806. The molecule has 4 aromatic heterocycles. The number of aromatic amines is 1. The molecule has 7 nitrogen and oxygen atoms in total. The summed E-state index contributed by atoms with van der Waals surface area (Å²) in [6.45, 7) is 2.07. The summed E-state index contributed by atoms with van der Waals surface area (Å²) in [4.78, 5) is 21.0. The van der Waals surface area contributed by atoms with Gasteiger partial charge in [-0.3, -0.25) is 4.98 Å². The van der Waals surface area contributed by atoms with E-state index in [0.717, 1.165) is 50.2 Å². The van der Waals surface area contributed by atoms with Crippen molar-refractivity contribution in [1.29, 1.82) is 0 Å². The second kappa shape index (κ2) is 6.58. The van der Waals surface area contributed by atoms with Crippen LogP contribution in [0.3, 0.4) is 0 Å². The first-order chi connectivity index (χ1) is 13.7. The molecule has 0 amide bonds. The minimum Gasteiger partial charge on any atom is -0.337 e. The van der Waals surface area contributed by atoms with Crippen LogP contribution < -0.4 is 5.32 Å². The fourth-order valence-electron chi connectivity index (χ4n) is 3.11. The Bertz CT molecular complexity index is 1270. The number of fused-ring (bicyclic) bond motifs is 1. The van der Waals surface area contributed by atoms with Gasteiger partial charge in [-0.1, -0.05) is 0 Å².